The zero-order valence-corrected chi connectivity index (χ0v) is 10.6. The number of nitrogens with zero attached hydrogens (tertiary/aromatic N) is 2. The zero-order valence-electron chi connectivity index (χ0n) is 10.6. The van der Waals surface area contributed by atoms with E-state index in [1.165, 1.54) is 13.0 Å². The van der Waals surface area contributed by atoms with Gasteiger partial charge in [0, 0.05) is 26.6 Å². The van der Waals surface area contributed by atoms with Gasteiger partial charge in [0.05, 0.1) is 0 Å². The van der Waals surface area contributed by atoms with Crippen molar-refractivity contribution < 1.29 is 4.79 Å². The molecule has 1 unspecified atom stereocenters. The van der Waals surface area contributed by atoms with Crippen LogP contribution in [0.1, 0.15) is 25.7 Å². The van der Waals surface area contributed by atoms with Gasteiger partial charge in [0.1, 0.15) is 0 Å². The minimum absolute atomic E-state index is 0.267. The summed E-state index contributed by atoms with van der Waals surface area (Å²) < 4.78 is 0. The maximum absolute atomic E-state index is 11.8. The van der Waals surface area contributed by atoms with Crippen LogP contribution in [0.2, 0.25) is 0 Å². The molecular weight excluding hydrogens is 202 g/mol. The molecule has 4 heteroatoms. The standard InChI is InChI=1S/C12H25N3O/c1-14-8-6-11(9-14)10-15(2)12(16)5-3-4-7-13/h11H,3-10,13H2,1-2H3. The Morgan fingerprint density at radius 2 is 2.25 bits per heavy atom. The first-order valence-electron chi connectivity index (χ1n) is 6.26. The highest BCUT2D eigenvalue weighted by atomic mass is 16.2. The van der Waals surface area contributed by atoms with Gasteiger partial charge in [-0.1, -0.05) is 0 Å². The summed E-state index contributed by atoms with van der Waals surface area (Å²) in [6.07, 6.45) is 3.74. The Bertz CT molecular complexity index is 220. The Balaban J connectivity index is 2.18. The molecule has 1 rings (SSSR count). The topological polar surface area (TPSA) is 49.6 Å². The van der Waals surface area contributed by atoms with E-state index in [-0.39, 0.29) is 5.91 Å². The van der Waals surface area contributed by atoms with Crippen molar-refractivity contribution in [3.8, 4) is 0 Å². The molecule has 0 aromatic heterocycles. The van der Waals surface area contributed by atoms with Crippen LogP contribution in [-0.4, -0.2) is 56.0 Å². The molecule has 1 aliphatic heterocycles. The molecule has 0 spiro atoms. The normalized spacial score (nSPS) is 21.3. The molecule has 1 fully saturated rings. The first kappa shape index (κ1) is 13.5. The van der Waals surface area contributed by atoms with E-state index < -0.39 is 0 Å². The number of carbonyl (C=O) groups excluding carboxylic acids is 1. The number of unbranched alkanes of at least 4 members (excludes halogenated alkanes) is 1. The Kier molecular flexibility index (Phi) is 5.77. The van der Waals surface area contributed by atoms with E-state index in [0.717, 1.165) is 25.9 Å². The highest BCUT2D eigenvalue weighted by molar-refractivity contribution is 5.75. The van der Waals surface area contributed by atoms with Crippen molar-refractivity contribution in [2.24, 2.45) is 11.7 Å². The predicted octanol–water partition coefficient (Wildman–Crippen LogP) is 0.526. The molecule has 4 nitrogen and oxygen atoms in total. The highest BCUT2D eigenvalue weighted by Crippen LogP contribution is 2.15. The molecule has 94 valence electrons. The quantitative estimate of drug-likeness (QED) is 0.673. The Morgan fingerprint density at radius 1 is 1.50 bits per heavy atom. The minimum Gasteiger partial charge on any atom is -0.345 e. The number of rotatable bonds is 6. The van der Waals surface area contributed by atoms with Crippen molar-refractivity contribution in [2.45, 2.75) is 25.7 Å². The summed E-state index contributed by atoms with van der Waals surface area (Å²) in [6, 6.07) is 0. The fourth-order valence-electron chi connectivity index (χ4n) is 2.28. The van der Waals surface area contributed by atoms with Crippen molar-refractivity contribution in [3.63, 3.8) is 0 Å². The third kappa shape index (κ3) is 4.49. The molecule has 1 amide bonds. The van der Waals surface area contributed by atoms with Crippen LogP contribution in [0.15, 0.2) is 0 Å². The van der Waals surface area contributed by atoms with Gasteiger partial charge in [0.2, 0.25) is 5.91 Å². The van der Waals surface area contributed by atoms with Crippen LogP contribution in [0, 0.1) is 5.92 Å². The summed E-state index contributed by atoms with van der Waals surface area (Å²) >= 11 is 0. The largest absolute Gasteiger partial charge is 0.345 e. The number of carbonyl (C=O) groups is 1. The van der Waals surface area contributed by atoms with Gasteiger partial charge in [-0.2, -0.15) is 0 Å². The fourth-order valence-corrected chi connectivity index (χ4v) is 2.28. The first-order chi connectivity index (χ1) is 7.63. The smallest absolute Gasteiger partial charge is 0.222 e. The van der Waals surface area contributed by atoms with E-state index in [9.17, 15) is 4.79 Å². The van der Waals surface area contributed by atoms with Crippen LogP contribution >= 0.6 is 0 Å². The maximum atomic E-state index is 11.8. The number of hydrogen-bond acceptors (Lipinski definition) is 3. The molecule has 0 aromatic carbocycles. The molecule has 1 aliphatic rings. The second-order valence-corrected chi connectivity index (χ2v) is 4.94. The average molecular weight is 227 g/mol. The van der Waals surface area contributed by atoms with Crippen LogP contribution in [0.4, 0.5) is 0 Å². The van der Waals surface area contributed by atoms with Gasteiger partial charge in [-0.05, 0) is 45.3 Å². The molecule has 0 bridgehead atoms. The van der Waals surface area contributed by atoms with E-state index in [1.807, 2.05) is 11.9 Å². The molecule has 1 heterocycles. The van der Waals surface area contributed by atoms with Crippen LogP contribution in [-0.2, 0) is 4.79 Å². The van der Waals surface area contributed by atoms with Crippen molar-refractivity contribution in [1.82, 2.24) is 9.80 Å². The second-order valence-electron chi connectivity index (χ2n) is 4.94. The summed E-state index contributed by atoms with van der Waals surface area (Å²) in [6.45, 7) is 3.89. The van der Waals surface area contributed by atoms with Gasteiger partial charge in [0.15, 0.2) is 0 Å². The lowest BCUT2D eigenvalue weighted by molar-refractivity contribution is -0.130. The first-order valence-corrected chi connectivity index (χ1v) is 6.26. The van der Waals surface area contributed by atoms with Crippen molar-refractivity contribution in [2.75, 3.05) is 40.3 Å². The van der Waals surface area contributed by atoms with Crippen molar-refractivity contribution in [3.05, 3.63) is 0 Å². The molecule has 0 aromatic rings. The molecular formula is C12H25N3O. The summed E-state index contributed by atoms with van der Waals surface area (Å²) in [5, 5.41) is 0. The van der Waals surface area contributed by atoms with Gasteiger partial charge < -0.3 is 15.5 Å². The summed E-state index contributed by atoms with van der Waals surface area (Å²) in [4.78, 5) is 16.0. The van der Waals surface area contributed by atoms with E-state index >= 15 is 0 Å². The van der Waals surface area contributed by atoms with Gasteiger partial charge in [-0.15, -0.1) is 0 Å². The number of amides is 1. The van der Waals surface area contributed by atoms with Crippen molar-refractivity contribution in [1.29, 1.82) is 0 Å². The molecule has 1 atom stereocenters. The van der Waals surface area contributed by atoms with Gasteiger partial charge in [-0.25, -0.2) is 0 Å². The van der Waals surface area contributed by atoms with Crippen molar-refractivity contribution >= 4 is 5.91 Å². The molecule has 1 saturated heterocycles. The monoisotopic (exact) mass is 227 g/mol. The third-order valence-corrected chi connectivity index (χ3v) is 3.29. The van der Waals surface area contributed by atoms with Gasteiger partial charge >= 0.3 is 0 Å². The minimum atomic E-state index is 0.267. The van der Waals surface area contributed by atoms with E-state index in [1.54, 1.807) is 0 Å². The van der Waals surface area contributed by atoms with Crippen LogP contribution in [0.25, 0.3) is 0 Å². The molecule has 2 N–H and O–H groups in total. The van der Waals surface area contributed by atoms with Gasteiger partial charge in [-0.3, -0.25) is 4.79 Å². The van der Waals surface area contributed by atoms with E-state index in [2.05, 4.69) is 11.9 Å². The number of likely N-dealkylation sites (tertiary alicyclic amines) is 1. The Hall–Kier alpha value is -0.610. The zero-order chi connectivity index (χ0) is 12.0. The Labute approximate surface area is 98.8 Å². The molecule has 16 heavy (non-hydrogen) atoms. The van der Waals surface area contributed by atoms with Crippen LogP contribution < -0.4 is 5.73 Å². The lowest BCUT2D eigenvalue weighted by Gasteiger charge is -2.21. The summed E-state index contributed by atoms with van der Waals surface area (Å²) in [5.41, 5.74) is 5.41. The fraction of sp³-hybridized carbons (Fsp3) is 0.917. The highest BCUT2D eigenvalue weighted by Gasteiger charge is 2.22. The second kappa shape index (κ2) is 6.86. The van der Waals surface area contributed by atoms with E-state index in [4.69, 9.17) is 5.73 Å². The summed E-state index contributed by atoms with van der Waals surface area (Å²) in [5.74, 6) is 0.927. The molecule has 0 saturated carbocycles. The lowest BCUT2D eigenvalue weighted by Crippen LogP contribution is -2.32. The average Bonchev–Trinajstić information content (AvgIpc) is 2.64. The summed E-state index contributed by atoms with van der Waals surface area (Å²) in [7, 11) is 4.06. The van der Waals surface area contributed by atoms with Crippen LogP contribution in [0.3, 0.4) is 0 Å². The SMILES string of the molecule is CN1CCC(CN(C)C(=O)CCCCN)C1. The predicted molar refractivity (Wildman–Crippen MR) is 66.1 cm³/mol. The Morgan fingerprint density at radius 3 is 2.81 bits per heavy atom. The third-order valence-electron chi connectivity index (χ3n) is 3.29. The number of hydrogen-bond donors (Lipinski definition) is 1. The molecule has 0 aliphatic carbocycles. The maximum Gasteiger partial charge on any atom is 0.222 e. The number of nitrogens with two attached hydrogens (primary N) is 1. The lowest BCUT2D eigenvalue weighted by atomic mass is 10.1. The van der Waals surface area contributed by atoms with E-state index in [0.29, 0.717) is 18.9 Å². The van der Waals surface area contributed by atoms with Crippen LogP contribution in [0.5, 0.6) is 0 Å². The van der Waals surface area contributed by atoms with Gasteiger partial charge in [0.25, 0.3) is 0 Å². The molecule has 0 radical (unpaired) electrons.